The molecule has 2 atom stereocenters. The van der Waals surface area contributed by atoms with Gasteiger partial charge in [0.2, 0.25) is 0 Å². The summed E-state index contributed by atoms with van der Waals surface area (Å²) in [5.41, 5.74) is 1.58. The first-order valence-corrected chi connectivity index (χ1v) is 9.70. The highest BCUT2D eigenvalue weighted by atomic mass is 16.6. The van der Waals surface area contributed by atoms with Gasteiger partial charge in [-0.3, -0.25) is 25.5 Å². The van der Waals surface area contributed by atoms with Crippen molar-refractivity contribution < 1.29 is 24.1 Å². The fourth-order valence-electron chi connectivity index (χ4n) is 3.45. The molecule has 0 saturated carbocycles. The maximum atomic E-state index is 12.8. The lowest BCUT2D eigenvalue weighted by atomic mass is 9.93. The lowest BCUT2D eigenvalue weighted by Gasteiger charge is -2.35. The summed E-state index contributed by atoms with van der Waals surface area (Å²) in [7, 11) is 1.48. The van der Waals surface area contributed by atoms with Gasteiger partial charge in [-0.15, -0.1) is 0 Å². The number of allylic oxidation sites excluding steroid dienone is 1. The molecule has 0 aliphatic carbocycles. The predicted octanol–water partition coefficient (Wildman–Crippen LogP) is 2.90. The highest BCUT2D eigenvalue weighted by Crippen LogP contribution is 2.34. The normalized spacial score (nSPS) is 18.1. The molecule has 0 unspecified atom stereocenters. The number of carbonyl (C=O) groups is 1. The molecule has 0 radical (unpaired) electrons. The maximum Gasteiger partial charge on any atom is 0.337 e. The van der Waals surface area contributed by atoms with E-state index in [0.717, 1.165) is 0 Å². The van der Waals surface area contributed by atoms with Crippen molar-refractivity contribution >= 4 is 17.3 Å². The molecule has 11 heteroatoms. The van der Waals surface area contributed by atoms with Crippen LogP contribution in [-0.2, 0) is 14.3 Å². The zero-order valence-corrected chi connectivity index (χ0v) is 17.4. The molecule has 1 aliphatic heterocycles. The van der Waals surface area contributed by atoms with Crippen molar-refractivity contribution in [1.82, 2.24) is 10.6 Å². The molecule has 2 aromatic rings. The minimum absolute atomic E-state index is 0.0437. The molecule has 168 valence electrons. The van der Waals surface area contributed by atoms with Gasteiger partial charge in [0.1, 0.15) is 12.8 Å². The van der Waals surface area contributed by atoms with Crippen LogP contribution in [0.1, 0.15) is 30.3 Å². The van der Waals surface area contributed by atoms with Crippen LogP contribution in [0, 0.1) is 20.2 Å². The fourth-order valence-corrected chi connectivity index (χ4v) is 3.45. The van der Waals surface area contributed by atoms with Gasteiger partial charge in [-0.1, -0.05) is 24.3 Å². The van der Waals surface area contributed by atoms with Crippen LogP contribution >= 0.6 is 0 Å². The van der Waals surface area contributed by atoms with Gasteiger partial charge in [-0.2, -0.15) is 0 Å². The van der Waals surface area contributed by atoms with Crippen LogP contribution in [0.5, 0.6) is 0 Å². The Hall–Kier alpha value is -3.83. The number of non-ortho nitro benzene ring substituents is 2. The molecule has 32 heavy (non-hydrogen) atoms. The van der Waals surface area contributed by atoms with Crippen LogP contribution in [0.4, 0.5) is 11.4 Å². The number of hydrogen-bond donors (Lipinski definition) is 2. The third kappa shape index (κ3) is 5.07. The van der Waals surface area contributed by atoms with E-state index in [4.69, 9.17) is 9.47 Å². The second kappa shape index (κ2) is 9.98. The topological polar surface area (TPSA) is 146 Å². The molecule has 0 saturated heterocycles. The molecule has 0 amide bonds. The molecule has 1 heterocycles. The van der Waals surface area contributed by atoms with Gasteiger partial charge in [0.15, 0.2) is 0 Å². The molecular formula is C21H22N4O7. The molecule has 0 fully saturated rings. The Bertz CT molecular complexity index is 1070. The summed E-state index contributed by atoms with van der Waals surface area (Å²) < 4.78 is 10.2. The minimum Gasteiger partial charge on any atom is -0.460 e. The standard InChI is InChI=1S/C21H22N4O7/c1-13-18(21(26)32-10-9-31-2)19(14-5-3-7-16(11-14)24(27)28)23-20(22-13)15-6-4-8-17(12-15)25(29)30/h3-8,11-12,19-20,22-23H,9-10H2,1-2H3/t19-,20+/m1/s1. The zero-order valence-electron chi connectivity index (χ0n) is 17.4. The number of nitrogens with zero attached hydrogens (tertiary/aromatic N) is 2. The van der Waals surface area contributed by atoms with Crippen molar-refractivity contribution in [2.45, 2.75) is 19.1 Å². The molecular weight excluding hydrogens is 420 g/mol. The van der Waals surface area contributed by atoms with Crippen molar-refractivity contribution in [2.24, 2.45) is 0 Å². The van der Waals surface area contributed by atoms with Gasteiger partial charge < -0.3 is 14.8 Å². The molecule has 0 bridgehead atoms. The lowest BCUT2D eigenvalue weighted by Crippen LogP contribution is -2.44. The number of nitrogens with one attached hydrogen (secondary N) is 2. The molecule has 1 aliphatic rings. The summed E-state index contributed by atoms with van der Waals surface area (Å²) in [6.07, 6.45) is -0.588. The molecule has 2 N–H and O–H groups in total. The summed E-state index contributed by atoms with van der Waals surface area (Å²) >= 11 is 0. The maximum absolute atomic E-state index is 12.8. The van der Waals surface area contributed by atoms with Gasteiger partial charge >= 0.3 is 5.97 Å². The first-order valence-electron chi connectivity index (χ1n) is 9.70. The van der Waals surface area contributed by atoms with Crippen molar-refractivity contribution in [3.63, 3.8) is 0 Å². The number of ether oxygens (including phenoxy) is 2. The smallest absolute Gasteiger partial charge is 0.337 e. The number of esters is 1. The Balaban J connectivity index is 2.02. The highest BCUT2D eigenvalue weighted by Gasteiger charge is 2.34. The van der Waals surface area contributed by atoms with Crippen LogP contribution in [0.25, 0.3) is 0 Å². The summed E-state index contributed by atoms with van der Waals surface area (Å²) in [5, 5.41) is 28.8. The van der Waals surface area contributed by atoms with E-state index in [-0.39, 0.29) is 30.2 Å². The van der Waals surface area contributed by atoms with Gasteiger partial charge in [-0.25, -0.2) is 4.79 Å². The summed E-state index contributed by atoms with van der Waals surface area (Å²) in [6.45, 7) is 1.95. The van der Waals surface area contributed by atoms with Crippen molar-refractivity contribution in [1.29, 1.82) is 0 Å². The van der Waals surface area contributed by atoms with E-state index in [9.17, 15) is 25.0 Å². The second-order valence-electron chi connectivity index (χ2n) is 7.05. The number of methoxy groups -OCH3 is 1. The van der Waals surface area contributed by atoms with E-state index in [2.05, 4.69) is 10.6 Å². The van der Waals surface area contributed by atoms with Crippen molar-refractivity contribution in [3.05, 3.63) is 91.2 Å². The van der Waals surface area contributed by atoms with E-state index in [1.807, 2.05) is 0 Å². The SMILES string of the molecule is COCCOC(=O)C1=C(C)N[C@H](c2cccc([N+](=O)[O-])c2)N[C@@H]1c1cccc([N+](=O)[O-])c1. The number of nitro benzene ring substituents is 2. The lowest BCUT2D eigenvalue weighted by molar-refractivity contribution is -0.385. The average Bonchev–Trinajstić information content (AvgIpc) is 2.78. The first kappa shape index (κ1) is 22.8. The van der Waals surface area contributed by atoms with E-state index in [1.165, 1.54) is 37.4 Å². The third-order valence-electron chi connectivity index (χ3n) is 4.96. The van der Waals surface area contributed by atoms with Crippen molar-refractivity contribution in [2.75, 3.05) is 20.3 Å². The molecule has 0 aromatic heterocycles. The molecule has 3 rings (SSSR count). The number of carbonyl (C=O) groups excluding carboxylic acids is 1. The van der Waals surface area contributed by atoms with Crippen LogP contribution < -0.4 is 10.6 Å². The quantitative estimate of drug-likeness (QED) is 0.273. The molecule has 2 aromatic carbocycles. The van der Waals surface area contributed by atoms with Gasteiger partial charge in [0.05, 0.1) is 28.1 Å². The zero-order chi connectivity index (χ0) is 23.3. The Kier molecular flexibility index (Phi) is 7.13. The third-order valence-corrected chi connectivity index (χ3v) is 4.96. The van der Waals surface area contributed by atoms with Gasteiger partial charge in [0, 0.05) is 37.1 Å². The van der Waals surface area contributed by atoms with Crippen molar-refractivity contribution in [3.8, 4) is 0 Å². The fraction of sp³-hybridized carbons (Fsp3) is 0.286. The number of nitro groups is 2. The second-order valence-corrected chi connectivity index (χ2v) is 7.05. The molecule has 11 nitrogen and oxygen atoms in total. The van der Waals surface area contributed by atoms with Gasteiger partial charge in [0.25, 0.3) is 11.4 Å². The Morgan fingerprint density at radius 2 is 1.59 bits per heavy atom. The van der Waals surface area contributed by atoms with E-state index in [0.29, 0.717) is 16.8 Å². The Morgan fingerprint density at radius 3 is 2.19 bits per heavy atom. The molecule has 0 spiro atoms. The average molecular weight is 442 g/mol. The number of hydrogen-bond acceptors (Lipinski definition) is 9. The summed E-state index contributed by atoms with van der Waals surface area (Å²) in [5.74, 6) is -0.603. The monoisotopic (exact) mass is 442 g/mol. The number of benzene rings is 2. The van der Waals surface area contributed by atoms with Crippen LogP contribution in [0.15, 0.2) is 59.8 Å². The Morgan fingerprint density at radius 1 is 1.00 bits per heavy atom. The predicted molar refractivity (Wildman–Crippen MR) is 113 cm³/mol. The van der Waals surface area contributed by atoms with E-state index in [1.54, 1.807) is 25.1 Å². The Labute approximate surface area is 183 Å². The van der Waals surface area contributed by atoms with E-state index >= 15 is 0 Å². The van der Waals surface area contributed by atoms with Crippen LogP contribution in [0.3, 0.4) is 0 Å². The number of rotatable bonds is 8. The largest absolute Gasteiger partial charge is 0.460 e. The van der Waals surface area contributed by atoms with Crippen LogP contribution in [-0.4, -0.2) is 36.1 Å². The summed E-state index contributed by atoms with van der Waals surface area (Å²) in [4.78, 5) is 34.3. The summed E-state index contributed by atoms with van der Waals surface area (Å²) in [6, 6.07) is 11.2. The minimum atomic E-state index is -0.754. The first-order chi connectivity index (χ1) is 15.3. The van der Waals surface area contributed by atoms with E-state index < -0.39 is 28.0 Å². The highest BCUT2D eigenvalue weighted by molar-refractivity contribution is 5.91. The van der Waals surface area contributed by atoms with Gasteiger partial charge in [-0.05, 0) is 18.1 Å². The van der Waals surface area contributed by atoms with Crippen LogP contribution in [0.2, 0.25) is 0 Å².